The van der Waals surface area contributed by atoms with E-state index in [2.05, 4.69) is 10.3 Å². The maximum absolute atomic E-state index is 12.7. The Balaban J connectivity index is 1.93. The van der Waals surface area contributed by atoms with E-state index < -0.39 is 0 Å². The zero-order valence-corrected chi connectivity index (χ0v) is 19.4. The second-order valence-corrected chi connectivity index (χ2v) is 8.68. The third-order valence-corrected chi connectivity index (χ3v) is 6.38. The molecule has 0 bridgehead atoms. The molecule has 9 heteroatoms. The maximum atomic E-state index is 12.7. The molecule has 3 aromatic rings. The number of benzene rings is 1. The predicted molar refractivity (Wildman–Crippen MR) is 125 cm³/mol. The lowest BCUT2D eigenvalue weighted by Crippen LogP contribution is -2.24. The Labute approximate surface area is 184 Å². The summed E-state index contributed by atoms with van der Waals surface area (Å²) in [5, 5.41) is 5.89. The molecule has 0 aliphatic carbocycles. The molecule has 0 saturated heterocycles. The molecular weight excluding hydrogens is 418 g/mol. The number of hydrogen-bond donors (Lipinski definition) is 1. The molecule has 30 heavy (non-hydrogen) atoms. The fourth-order valence-corrected chi connectivity index (χ4v) is 4.65. The summed E-state index contributed by atoms with van der Waals surface area (Å²) in [4.78, 5) is 38.1. The van der Waals surface area contributed by atoms with Crippen LogP contribution in [0.3, 0.4) is 0 Å². The molecule has 1 aromatic carbocycles. The van der Waals surface area contributed by atoms with Crippen molar-refractivity contribution in [1.29, 1.82) is 0 Å². The van der Waals surface area contributed by atoms with Crippen LogP contribution >= 0.6 is 22.7 Å². The van der Waals surface area contributed by atoms with E-state index in [4.69, 9.17) is 4.98 Å². The van der Waals surface area contributed by atoms with Crippen LogP contribution in [0.4, 0.5) is 21.6 Å². The van der Waals surface area contributed by atoms with Gasteiger partial charge in [0.15, 0.2) is 10.3 Å². The number of aromatic nitrogens is 2. The molecule has 0 aliphatic rings. The first kappa shape index (κ1) is 21.9. The molecule has 0 fully saturated rings. The molecule has 0 unspecified atom stereocenters. The van der Waals surface area contributed by atoms with Gasteiger partial charge >= 0.3 is 0 Å². The first-order valence-electron chi connectivity index (χ1n) is 9.67. The summed E-state index contributed by atoms with van der Waals surface area (Å²) in [6, 6.07) is 7.83. The van der Waals surface area contributed by atoms with Gasteiger partial charge in [-0.1, -0.05) is 25.2 Å². The van der Waals surface area contributed by atoms with Crippen LogP contribution in [0.15, 0.2) is 29.6 Å². The number of rotatable bonds is 7. The highest BCUT2D eigenvalue weighted by Gasteiger charge is 2.22. The summed E-state index contributed by atoms with van der Waals surface area (Å²) in [6.45, 7) is 5.53. The quantitative estimate of drug-likeness (QED) is 0.552. The van der Waals surface area contributed by atoms with Gasteiger partial charge in [0.1, 0.15) is 0 Å². The van der Waals surface area contributed by atoms with Crippen molar-refractivity contribution in [2.45, 2.75) is 33.6 Å². The Kier molecular flexibility index (Phi) is 6.84. The van der Waals surface area contributed by atoms with Gasteiger partial charge in [0.05, 0.1) is 22.0 Å². The van der Waals surface area contributed by atoms with E-state index in [9.17, 15) is 9.59 Å². The van der Waals surface area contributed by atoms with Gasteiger partial charge < -0.3 is 10.2 Å². The number of anilines is 4. The molecule has 0 aliphatic heterocycles. The van der Waals surface area contributed by atoms with Crippen molar-refractivity contribution in [2.75, 3.05) is 29.2 Å². The van der Waals surface area contributed by atoms with Gasteiger partial charge in [-0.05, 0) is 31.2 Å². The van der Waals surface area contributed by atoms with E-state index in [0.29, 0.717) is 23.1 Å². The van der Waals surface area contributed by atoms with Gasteiger partial charge in [-0.3, -0.25) is 14.5 Å². The minimum Gasteiger partial charge on any atom is -0.378 e. The van der Waals surface area contributed by atoms with Crippen molar-refractivity contribution < 1.29 is 9.59 Å². The molecule has 0 spiro atoms. The van der Waals surface area contributed by atoms with Crippen molar-refractivity contribution in [3.8, 4) is 10.6 Å². The van der Waals surface area contributed by atoms with Crippen molar-refractivity contribution in [1.82, 2.24) is 9.97 Å². The number of aryl methyl sites for hydroxylation is 1. The Morgan fingerprint density at radius 2 is 1.70 bits per heavy atom. The van der Waals surface area contributed by atoms with Gasteiger partial charge in [-0.15, -0.1) is 11.3 Å². The van der Waals surface area contributed by atoms with Crippen LogP contribution in [-0.4, -0.2) is 35.9 Å². The van der Waals surface area contributed by atoms with Crippen molar-refractivity contribution in [3.63, 3.8) is 0 Å². The molecule has 2 aromatic heterocycles. The monoisotopic (exact) mass is 443 g/mol. The highest BCUT2D eigenvalue weighted by Crippen LogP contribution is 2.37. The van der Waals surface area contributed by atoms with E-state index in [1.165, 1.54) is 22.7 Å². The Bertz CT molecular complexity index is 1040. The molecule has 7 nitrogen and oxygen atoms in total. The van der Waals surface area contributed by atoms with Gasteiger partial charge in [0.25, 0.3) is 0 Å². The zero-order chi connectivity index (χ0) is 21.8. The highest BCUT2D eigenvalue weighted by atomic mass is 32.1. The lowest BCUT2D eigenvalue weighted by atomic mass is 10.2. The molecule has 2 amide bonds. The molecule has 2 heterocycles. The number of carbonyl (C=O) groups excluding carboxylic acids is 2. The third-order valence-electron chi connectivity index (χ3n) is 4.46. The van der Waals surface area contributed by atoms with Gasteiger partial charge in [0.2, 0.25) is 11.8 Å². The second kappa shape index (κ2) is 9.36. The lowest BCUT2D eigenvalue weighted by Gasteiger charge is -2.20. The van der Waals surface area contributed by atoms with E-state index in [1.54, 1.807) is 11.8 Å². The molecular formula is C21H25N5O2S2. The predicted octanol–water partition coefficient (Wildman–Crippen LogP) is 5.06. The number of amides is 2. The first-order chi connectivity index (χ1) is 14.3. The summed E-state index contributed by atoms with van der Waals surface area (Å²) < 4.78 is 0. The fourth-order valence-electron chi connectivity index (χ4n) is 2.79. The van der Waals surface area contributed by atoms with E-state index in [0.717, 1.165) is 27.6 Å². The van der Waals surface area contributed by atoms with Crippen molar-refractivity contribution in [2.24, 2.45) is 0 Å². The highest BCUT2D eigenvalue weighted by molar-refractivity contribution is 7.20. The van der Waals surface area contributed by atoms with E-state index in [-0.39, 0.29) is 11.8 Å². The van der Waals surface area contributed by atoms with Crippen LogP contribution in [0.25, 0.3) is 10.6 Å². The minimum absolute atomic E-state index is 0.0228. The molecule has 3 rings (SSSR count). The molecule has 158 valence electrons. The van der Waals surface area contributed by atoms with E-state index >= 15 is 0 Å². The first-order valence-corrected chi connectivity index (χ1v) is 11.4. The SMILES string of the molecule is CCC(=O)Nc1nc(C)c(-c2csc(N(C(=O)CC)c3ccc(N(C)C)cc3)n2)s1. The van der Waals surface area contributed by atoms with Crippen LogP contribution in [0.1, 0.15) is 32.4 Å². The Morgan fingerprint density at radius 1 is 1.03 bits per heavy atom. The number of thiazole rings is 2. The zero-order valence-electron chi connectivity index (χ0n) is 17.7. The van der Waals surface area contributed by atoms with Gasteiger partial charge in [-0.2, -0.15) is 0 Å². The van der Waals surface area contributed by atoms with Crippen LogP contribution in [-0.2, 0) is 9.59 Å². The molecule has 0 saturated carbocycles. The van der Waals surface area contributed by atoms with Gasteiger partial charge in [0, 0.05) is 38.0 Å². The normalized spacial score (nSPS) is 10.7. The molecule has 0 atom stereocenters. The molecule has 0 radical (unpaired) electrons. The third kappa shape index (κ3) is 4.68. The van der Waals surface area contributed by atoms with E-state index in [1.807, 2.05) is 62.5 Å². The van der Waals surface area contributed by atoms with Crippen molar-refractivity contribution >= 4 is 56.1 Å². The topological polar surface area (TPSA) is 78.4 Å². The summed E-state index contributed by atoms with van der Waals surface area (Å²) in [5.41, 5.74) is 3.39. The van der Waals surface area contributed by atoms with Gasteiger partial charge in [-0.25, -0.2) is 9.97 Å². The average molecular weight is 444 g/mol. The number of nitrogens with one attached hydrogen (secondary N) is 1. The van der Waals surface area contributed by atoms with Crippen LogP contribution < -0.4 is 15.1 Å². The number of carbonyl (C=O) groups is 2. The number of nitrogens with zero attached hydrogens (tertiary/aromatic N) is 4. The fraction of sp³-hybridized carbons (Fsp3) is 0.333. The van der Waals surface area contributed by atoms with Crippen LogP contribution in [0.2, 0.25) is 0 Å². The van der Waals surface area contributed by atoms with Crippen LogP contribution in [0, 0.1) is 6.92 Å². The summed E-state index contributed by atoms with van der Waals surface area (Å²) in [5.74, 6) is -0.0967. The van der Waals surface area contributed by atoms with Crippen molar-refractivity contribution in [3.05, 3.63) is 35.3 Å². The standard InChI is InChI=1S/C21H25N5O2S2/c1-6-17(27)24-20-22-13(3)19(30-20)16-12-29-21(23-16)26(18(28)7-2)15-10-8-14(9-11-15)25(4)5/h8-12H,6-7H2,1-5H3,(H,22,24,27). The maximum Gasteiger partial charge on any atom is 0.233 e. The molecule has 1 N–H and O–H groups in total. The number of hydrogen-bond acceptors (Lipinski definition) is 7. The minimum atomic E-state index is -0.0739. The largest absolute Gasteiger partial charge is 0.378 e. The lowest BCUT2D eigenvalue weighted by molar-refractivity contribution is -0.117. The average Bonchev–Trinajstić information content (AvgIpc) is 3.34. The second-order valence-electron chi connectivity index (χ2n) is 6.84. The summed E-state index contributed by atoms with van der Waals surface area (Å²) in [7, 11) is 3.96. The Hall–Kier alpha value is -2.78. The smallest absolute Gasteiger partial charge is 0.233 e. The summed E-state index contributed by atoms with van der Waals surface area (Å²) >= 11 is 2.80. The Morgan fingerprint density at radius 3 is 2.30 bits per heavy atom. The summed E-state index contributed by atoms with van der Waals surface area (Å²) in [6.07, 6.45) is 0.770. The van der Waals surface area contributed by atoms with Crippen LogP contribution in [0.5, 0.6) is 0 Å².